The van der Waals surface area contributed by atoms with Gasteiger partial charge in [-0.2, -0.15) is 0 Å². The summed E-state index contributed by atoms with van der Waals surface area (Å²) in [5.74, 6) is -0.339. The SMILES string of the molecule is O=C(Nc1cccc(F)c1)N1CCC2CCC(C1)N2. The summed E-state index contributed by atoms with van der Waals surface area (Å²) in [5.41, 5.74) is 0.507. The van der Waals surface area contributed by atoms with Crippen molar-refractivity contribution < 1.29 is 9.18 Å². The van der Waals surface area contributed by atoms with Crippen LogP contribution in [0.15, 0.2) is 24.3 Å². The van der Waals surface area contributed by atoms with Crippen LogP contribution in [0.1, 0.15) is 19.3 Å². The Labute approximate surface area is 112 Å². The van der Waals surface area contributed by atoms with Crippen molar-refractivity contribution in [2.45, 2.75) is 31.3 Å². The lowest BCUT2D eigenvalue weighted by Crippen LogP contribution is -2.41. The van der Waals surface area contributed by atoms with Crippen molar-refractivity contribution in [3.05, 3.63) is 30.1 Å². The molecule has 2 saturated heterocycles. The molecule has 19 heavy (non-hydrogen) atoms. The Kier molecular flexibility index (Phi) is 3.38. The second-order valence-electron chi connectivity index (χ2n) is 5.31. The maximum absolute atomic E-state index is 13.1. The van der Waals surface area contributed by atoms with E-state index in [2.05, 4.69) is 10.6 Å². The predicted octanol–water partition coefficient (Wildman–Crippen LogP) is 2.18. The number of nitrogens with zero attached hydrogens (tertiary/aromatic N) is 1. The van der Waals surface area contributed by atoms with Gasteiger partial charge in [0.1, 0.15) is 5.82 Å². The summed E-state index contributed by atoms with van der Waals surface area (Å²) in [6.45, 7) is 1.49. The molecule has 0 radical (unpaired) electrons. The summed E-state index contributed by atoms with van der Waals surface area (Å²) in [4.78, 5) is 14.0. The topological polar surface area (TPSA) is 44.4 Å². The van der Waals surface area contributed by atoms with Gasteiger partial charge in [0.25, 0.3) is 0 Å². The van der Waals surface area contributed by atoms with Crippen LogP contribution >= 0.6 is 0 Å². The first-order valence-corrected chi connectivity index (χ1v) is 6.78. The molecule has 0 saturated carbocycles. The Morgan fingerprint density at radius 2 is 2.16 bits per heavy atom. The zero-order valence-corrected chi connectivity index (χ0v) is 10.7. The molecule has 0 spiro atoms. The zero-order chi connectivity index (χ0) is 13.2. The summed E-state index contributed by atoms with van der Waals surface area (Å²) < 4.78 is 13.1. The van der Waals surface area contributed by atoms with E-state index in [0.717, 1.165) is 25.9 Å². The number of halogens is 1. The van der Waals surface area contributed by atoms with E-state index in [0.29, 0.717) is 17.8 Å². The van der Waals surface area contributed by atoms with Crippen LogP contribution in [0, 0.1) is 5.82 Å². The van der Waals surface area contributed by atoms with Gasteiger partial charge in [-0.3, -0.25) is 0 Å². The third-order valence-corrected chi connectivity index (χ3v) is 3.89. The van der Waals surface area contributed by atoms with Crippen LogP contribution in [0.4, 0.5) is 14.9 Å². The van der Waals surface area contributed by atoms with Crippen LogP contribution in [-0.2, 0) is 0 Å². The van der Waals surface area contributed by atoms with Crippen LogP contribution in [0.5, 0.6) is 0 Å². The summed E-state index contributed by atoms with van der Waals surface area (Å²) in [6, 6.07) is 6.81. The van der Waals surface area contributed by atoms with Gasteiger partial charge in [-0.15, -0.1) is 0 Å². The van der Waals surface area contributed by atoms with Gasteiger partial charge in [0.2, 0.25) is 0 Å². The van der Waals surface area contributed by atoms with Gasteiger partial charge in [0.05, 0.1) is 0 Å². The molecule has 2 aliphatic heterocycles. The van der Waals surface area contributed by atoms with E-state index in [1.807, 2.05) is 4.90 Å². The molecule has 102 valence electrons. The van der Waals surface area contributed by atoms with Crippen LogP contribution in [0.3, 0.4) is 0 Å². The highest BCUT2D eigenvalue weighted by atomic mass is 19.1. The molecule has 1 aromatic carbocycles. The third-order valence-electron chi connectivity index (χ3n) is 3.89. The largest absolute Gasteiger partial charge is 0.323 e. The summed E-state index contributed by atoms with van der Waals surface area (Å²) >= 11 is 0. The number of rotatable bonds is 1. The maximum atomic E-state index is 13.1. The van der Waals surface area contributed by atoms with Gasteiger partial charge >= 0.3 is 6.03 Å². The molecule has 0 aliphatic carbocycles. The van der Waals surface area contributed by atoms with Gasteiger partial charge < -0.3 is 15.5 Å². The lowest BCUT2D eigenvalue weighted by molar-refractivity contribution is 0.208. The minimum absolute atomic E-state index is 0.139. The number of benzene rings is 1. The summed E-state index contributed by atoms with van der Waals surface area (Å²) in [7, 11) is 0. The number of hydrogen-bond acceptors (Lipinski definition) is 2. The molecule has 2 N–H and O–H groups in total. The van der Waals surface area contributed by atoms with E-state index >= 15 is 0 Å². The number of urea groups is 1. The highest BCUT2D eigenvalue weighted by Gasteiger charge is 2.31. The minimum Gasteiger partial charge on any atom is -0.323 e. The first kappa shape index (κ1) is 12.4. The van der Waals surface area contributed by atoms with Crippen LogP contribution < -0.4 is 10.6 Å². The van der Waals surface area contributed by atoms with E-state index in [4.69, 9.17) is 0 Å². The monoisotopic (exact) mass is 263 g/mol. The second-order valence-corrected chi connectivity index (χ2v) is 5.31. The molecule has 2 aliphatic rings. The number of carbonyl (C=O) groups excluding carboxylic acids is 1. The molecule has 2 amide bonds. The van der Waals surface area contributed by atoms with Crippen molar-refractivity contribution in [3.63, 3.8) is 0 Å². The van der Waals surface area contributed by atoms with E-state index in [-0.39, 0.29) is 11.8 Å². The lowest BCUT2D eigenvalue weighted by Gasteiger charge is -2.24. The van der Waals surface area contributed by atoms with E-state index in [9.17, 15) is 9.18 Å². The van der Waals surface area contributed by atoms with Crippen molar-refractivity contribution in [2.75, 3.05) is 18.4 Å². The van der Waals surface area contributed by atoms with Gasteiger partial charge in [0, 0.05) is 30.9 Å². The Balaban J connectivity index is 1.64. The molecular weight excluding hydrogens is 245 g/mol. The van der Waals surface area contributed by atoms with Crippen molar-refractivity contribution in [1.82, 2.24) is 10.2 Å². The lowest BCUT2D eigenvalue weighted by atomic mass is 10.1. The predicted molar refractivity (Wildman–Crippen MR) is 71.6 cm³/mol. The Morgan fingerprint density at radius 3 is 3.00 bits per heavy atom. The Bertz CT molecular complexity index is 480. The fourth-order valence-corrected chi connectivity index (χ4v) is 2.90. The van der Waals surface area contributed by atoms with Crippen LogP contribution in [-0.4, -0.2) is 36.1 Å². The molecule has 2 heterocycles. The average Bonchev–Trinajstić information content (AvgIpc) is 2.68. The fraction of sp³-hybridized carbons (Fsp3) is 0.500. The molecule has 0 aromatic heterocycles. The molecular formula is C14H18FN3O. The van der Waals surface area contributed by atoms with E-state index in [1.54, 1.807) is 12.1 Å². The Morgan fingerprint density at radius 1 is 1.32 bits per heavy atom. The van der Waals surface area contributed by atoms with Crippen molar-refractivity contribution >= 4 is 11.7 Å². The van der Waals surface area contributed by atoms with E-state index in [1.165, 1.54) is 18.6 Å². The number of carbonyl (C=O) groups is 1. The number of hydrogen-bond donors (Lipinski definition) is 2. The molecule has 1 aromatic rings. The normalized spacial score (nSPS) is 26.1. The molecule has 2 unspecified atom stereocenters. The van der Waals surface area contributed by atoms with Crippen LogP contribution in [0.2, 0.25) is 0 Å². The summed E-state index contributed by atoms with van der Waals surface area (Å²) in [6.07, 6.45) is 3.34. The molecule has 5 heteroatoms. The Hall–Kier alpha value is -1.62. The smallest absolute Gasteiger partial charge is 0.321 e. The second kappa shape index (κ2) is 5.17. The average molecular weight is 263 g/mol. The molecule has 2 fully saturated rings. The van der Waals surface area contributed by atoms with Gasteiger partial charge in [-0.05, 0) is 37.5 Å². The standard InChI is InChI=1S/C14H18FN3O/c15-10-2-1-3-12(8-10)17-14(19)18-7-6-11-4-5-13(9-18)16-11/h1-3,8,11,13,16H,4-7,9H2,(H,17,19). The van der Waals surface area contributed by atoms with Gasteiger partial charge in [-0.25, -0.2) is 9.18 Å². The highest BCUT2D eigenvalue weighted by molar-refractivity contribution is 5.89. The quantitative estimate of drug-likeness (QED) is 0.815. The molecule has 3 rings (SSSR count). The minimum atomic E-state index is -0.339. The number of likely N-dealkylation sites (tertiary alicyclic amines) is 1. The van der Waals surface area contributed by atoms with E-state index < -0.39 is 0 Å². The van der Waals surface area contributed by atoms with Gasteiger partial charge in [0.15, 0.2) is 0 Å². The molecule has 4 nitrogen and oxygen atoms in total. The molecule has 2 atom stereocenters. The number of nitrogens with one attached hydrogen (secondary N) is 2. The molecule has 2 bridgehead atoms. The first-order chi connectivity index (χ1) is 9.20. The van der Waals surface area contributed by atoms with Crippen molar-refractivity contribution in [2.24, 2.45) is 0 Å². The highest BCUT2D eigenvalue weighted by Crippen LogP contribution is 2.21. The maximum Gasteiger partial charge on any atom is 0.321 e. The fourth-order valence-electron chi connectivity index (χ4n) is 2.90. The van der Waals surface area contributed by atoms with Crippen LogP contribution in [0.25, 0.3) is 0 Å². The van der Waals surface area contributed by atoms with Crippen molar-refractivity contribution in [1.29, 1.82) is 0 Å². The zero-order valence-electron chi connectivity index (χ0n) is 10.7. The number of fused-ring (bicyclic) bond motifs is 2. The number of anilines is 1. The van der Waals surface area contributed by atoms with Gasteiger partial charge in [-0.1, -0.05) is 6.07 Å². The third kappa shape index (κ3) is 2.87. The van der Waals surface area contributed by atoms with Crippen molar-refractivity contribution in [3.8, 4) is 0 Å². The first-order valence-electron chi connectivity index (χ1n) is 6.78. The number of amides is 2. The summed E-state index contributed by atoms with van der Waals surface area (Å²) in [5, 5.41) is 6.29.